The van der Waals surface area contributed by atoms with Crippen molar-refractivity contribution in [3.05, 3.63) is 59.1 Å². The Bertz CT molecular complexity index is 1400. The second-order valence-corrected chi connectivity index (χ2v) is 11.9. The first kappa shape index (κ1) is 41.1. The van der Waals surface area contributed by atoms with Crippen molar-refractivity contribution in [1.29, 1.82) is 0 Å². The second-order valence-electron chi connectivity index (χ2n) is 11.5. The molecule has 0 aliphatic carbocycles. The van der Waals surface area contributed by atoms with Crippen LogP contribution in [0, 0.1) is 0 Å². The number of aliphatic hydroxyl groups is 1. The molecular formula is C31H46BClN8O8. The van der Waals surface area contributed by atoms with Crippen molar-refractivity contribution in [3.63, 3.8) is 0 Å². The van der Waals surface area contributed by atoms with Gasteiger partial charge in [0.2, 0.25) is 17.7 Å². The Hall–Kier alpha value is -4.10. The van der Waals surface area contributed by atoms with Crippen LogP contribution in [0.4, 0.5) is 0 Å². The smallest absolute Gasteiger partial charge is 0.426 e. The summed E-state index contributed by atoms with van der Waals surface area (Å²) in [7, 11) is -1.84. The molecule has 16 nitrogen and oxygen atoms in total. The topological polar surface area (TPSA) is 284 Å². The van der Waals surface area contributed by atoms with Gasteiger partial charge in [-0.2, -0.15) is 0 Å². The first-order valence-electron chi connectivity index (χ1n) is 15.8. The van der Waals surface area contributed by atoms with Crippen molar-refractivity contribution < 1.29 is 39.1 Å². The molecule has 5 amide bonds. The number of unbranched alkanes of at least 4 members (excludes halogenated alkanes) is 1. The van der Waals surface area contributed by atoms with Crippen LogP contribution in [0.15, 0.2) is 48.5 Å². The molecule has 14 N–H and O–H groups in total. The van der Waals surface area contributed by atoms with E-state index in [0.717, 1.165) is 11.1 Å². The summed E-state index contributed by atoms with van der Waals surface area (Å²) in [6.07, 6.45) is -2.06. The largest absolute Gasteiger partial charge is 0.475 e. The highest BCUT2D eigenvalue weighted by atomic mass is 35.5. The Morgan fingerprint density at radius 1 is 0.714 bits per heavy atom. The van der Waals surface area contributed by atoms with Gasteiger partial charge in [0, 0.05) is 10.6 Å². The van der Waals surface area contributed by atoms with E-state index in [0.29, 0.717) is 24.4 Å². The van der Waals surface area contributed by atoms with Crippen molar-refractivity contribution in [2.75, 3.05) is 13.1 Å². The SMILES string of the molecule is C[C@H](NC(=O)[C@H](CCCCN)NC(=O)[C@H](N)NC(=O)[C@@H](NC(=O)[C@H](CCN)NC(=O)c1ccc(-c2ccc(Cl)cc2)cc1)[C@@H](C)O)B(O)O. The maximum Gasteiger partial charge on any atom is 0.475 e. The minimum atomic E-state index is -1.84. The number of hydrogen-bond acceptors (Lipinski definition) is 11. The van der Waals surface area contributed by atoms with Gasteiger partial charge in [-0.15, -0.1) is 0 Å². The maximum atomic E-state index is 13.2. The van der Waals surface area contributed by atoms with E-state index in [9.17, 15) is 39.1 Å². The van der Waals surface area contributed by atoms with Gasteiger partial charge in [-0.3, -0.25) is 24.0 Å². The number of benzene rings is 2. The van der Waals surface area contributed by atoms with Gasteiger partial charge in [0.05, 0.1) is 12.0 Å². The Kier molecular flexibility index (Phi) is 17.1. The van der Waals surface area contributed by atoms with Crippen LogP contribution >= 0.6 is 11.6 Å². The summed E-state index contributed by atoms with van der Waals surface area (Å²) in [4.78, 5) is 64.8. The summed E-state index contributed by atoms with van der Waals surface area (Å²) in [5, 5.41) is 41.4. The van der Waals surface area contributed by atoms with E-state index in [-0.39, 0.29) is 24.9 Å². The van der Waals surface area contributed by atoms with E-state index in [1.54, 1.807) is 36.4 Å². The fourth-order valence-corrected chi connectivity index (χ4v) is 4.65. The number of carbonyl (C=O) groups excluding carboxylic acids is 5. The zero-order chi connectivity index (χ0) is 36.7. The normalized spacial score (nSPS) is 14.6. The molecule has 0 radical (unpaired) electrons. The lowest BCUT2D eigenvalue weighted by molar-refractivity contribution is -0.135. The molecule has 6 atom stereocenters. The predicted octanol–water partition coefficient (Wildman–Crippen LogP) is -2.15. The average molecular weight is 705 g/mol. The van der Waals surface area contributed by atoms with Gasteiger partial charge in [0.1, 0.15) is 18.1 Å². The lowest BCUT2D eigenvalue weighted by Gasteiger charge is -2.26. The number of halogens is 1. The van der Waals surface area contributed by atoms with Crippen LogP contribution in [0.5, 0.6) is 0 Å². The molecule has 2 aromatic rings. The van der Waals surface area contributed by atoms with Gasteiger partial charge >= 0.3 is 7.12 Å². The third-order valence-corrected chi connectivity index (χ3v) is 7.69. The number of nitrogens with two attached hydrogens (primary N) is 3. The fourth-order valence-electron chi connectivity index (χ4n) is 4.52. The third-order valence-electron chi connectivity index (χ3n) is 7.44. The molecule has 0 saturated carbocycles. The molecule has 0 aliphatic heterocycles. The molecule has 2 aromatic carbocycles. The van der Waals surface area contributed by atoms with Gasteiger partial charge in [-0.1, -0.05) is 35.9 Å². The Morgan fingerprint density at radius 3 is 1.80 bits per heavy atom. The number of amides is 5. The third kappa shape index (κ3) is 13.4. The highest BCUT2D eigenvalue weighted by molar-refractivity contribution is 6.43. The van der Waals surface area contributed by atoms with Crippen molar-refractivity contribution in [1.82, 2.24) is 26.6 Å². The van der Waals surface area contributed by atoms with Crippen LogP contribution in [0.25, 0.3) is 11.1 Å². The van der Waals surface area contributed by atoms with Crippen LogP contribution < -0.4 is 43.8 Å². The molecule has 0 aliphatic rings. The zero-order valence-corrected chi connectivity index (χ0v) is 28.2. The van der Waals surface area contributed by atoms with E-state index in [2.05, 4.69) is 26.6 Å². The summed E-state index contributed by atoms with van der Waals surface area (Å²) in [6.45, 7) is 2.91. The lowest BCUT2D eigenvalue weighted by atomic mass is 9.81. The Labute approximate surface area is 290 Å². The van der Waals surface area contributed by atoms with Crippen LogP contribution in [-0.2, 0) is 19.2 Å². The molecule has 0 saturated heterocycles. The predicted molar refractivity (Wildman–Crippen MR) is 184 cm³/mol. The van der Waals surface area contributed by atoms with E-state index in [1.807, 2.05) is 12.1 Å². The van der Waals surface area contributed by atoms with Gasteiger partial charge in [0.25, 0.3) is 11.8 Å². The van der Waals surface area contributed by atoms with Crippen molar-refractivity contribution in [2.24, 2.45) is 17.2 Å². The van der Waals surface area contributed by atoms with E-state index in [4.69, 9.17) is 28.8 Å². The summed E-state index contributed by atoms with van der Waals surface area (Å²) in [5.41, 5.74) is 19.1. The minimum Gasteiger partial charge on any atom is -0.426 e. The molecular weight excluding hydrogens is 659 g/mol. The standard InChI is InChI=1S/C31H46BClN8O8/c1-17(42)25(30(46)41-26(36)31(47)39-23(5-3-4-15-34)28(44)37-18(2)32(48)49)40-29(45)24(14-16-35)38-27(43)21-8-6-19(7-9-21)20-10-12-22(33)13-11-20/h6-13,17-18,23-26,42,48-49H,3-5,14-16,34-36H2,1-2H3,(H,37,44)(H,38,43)(H,39,47)(H,40,45)(H,41,46)/t17-,18+,23+,24+,25+,26-/m1/s1. The monoisotopic (exact) mass is 704 g/mol. The van der Waals surface area contributed by atoms with Crippen LogP contribution in [-0.4, -0.2) is 101 Å². The molecule has 0 heterocycles. The van der Waals surface area contributed by atoms with Crippen LogP contribution in [0.2, 0.25) is 5.02 Å². The number of aliphatic hydroxyl groups excluding tert-OH is 1. The van der Waals surface area contributed by atoms with Crippen LogP contribution in [0.3, 0.4) is 0 Å². The quantitative estimate of drug-likeness (QED) is 0.0426. The number of hydrogen-bond donors (Lipinski definition) is 11. The molecule has 49 heavy (non-hydrogen) atoms. The molecule has 0 fully saturated rings. The van der Waals surface area contributed by atoms with E-state index in [1.165, 1.54) is 13.8 Å². The van der Waals surface area contributed by atoms with Crippen molar-refractivity contribution >= 4 is 48.3 Å². The number of rotatable bonds is 19. The molecule has 0 unspecified atom stereocenters. The highest BCUT2D eigenvalue weighted by Crippen LogP contribution is 2.22. The molecule has 0 bridgehead atoms. The first-order chi connectivity index (χ1) is 23.2. The van der Waals surface area contributed by atoms with E-state index < -0.39 is 73.0 Å². The molecule has 18 heteroatoms. The molecule has 268 valence electrons. The van der Waals surface area contributed by atoms with Crippen molar-refractivity contribution in [2.45, 2.75) is 75.9 Å². The summed E-state index contributed by atoms with van der Waals surface area (Å²) < 4.78 is 0. The first-order valence-corrected chi connectivity index (χ1v) is 16.1. The summed E-state index contributed by atoms with van der Waals surface area (Å²) in [6, 6.07) is 9.85. The van der Waals surface area contributed by atoms with Gasteiger partial charge in [-0.25, -0.2) is 0 Å². The summed E-state index contributed by atoms with van der Waals surface area (Å²) in [5.74, 6) is -5.16. The number of nitrogens with one attached hydrogen (secondary N) is 5. The molecule has 0 aromatic heterocycles. The second kappa shape index (κ2) is 20.4. The highest BCUT2D eigenvalue weighted by Gasteiger charge is 2.33. The molecule has 0 spiro atoms. The van der Waals surface area contributed by atoms with Crippen LogP contribution in [0.1, 0.15) is 49.9 Å². The zero-order valence-electron chi connectivity index (χ0n) is 27.4. The van der Waals surface area contributed by atoms with E-state index >= 15 is 0 Å². The van der Waals surface area contributed by atoms with Crippen molar-refractivity contribution in [3.8, 4) is 11.1 Å². The Balaban J connectivity index is 2.06. The number of carbonyl (C=O) groups is 5. The lowest BCUT2D eigenvalue weighted by Crippen LogP contribution is -2.63. The van der Waals surface area contributed by atoms with Gasteiger partial charge in [0.15, 0.2) is 6.17 Å². The Morgan fingerprint density at radius 2 is 1.27 bits per heavy atom. The van der Waals surface area contributed by atoms with Gasteiger partial charge in [-0.05, 0) is 88.0 Å². The minimum absolute atomic E-state index is 0.000522. The van der Waals surface area contributed by atoms with Gasteiger partial charge < -0.3 is 58.9 Å². The fraction of sp³-hybridized carbons (Fsp3) is 0.452. The summed E-state index contributed by atoms with van der Waals surface area (Å²) >= 11 is 5.95. The average Bonchev–Trinajstić information content (AvgIpc) is 3.06. The maximum absolute atomic E-state index is 13.2. The molecule has 2 rings (SSSR count).